The molecule has 55 valence electrons. The molecule has 0 atom stereocenters. The van der Waals surface area contributed by atoms with Crippen LogP contribution in [0, 0.1) is 0 Å². The normalized spacial score (nSPS) is 20.2. The van der Waals surface area contributed by atoms with Crippen LogP contribution in [0.15, 0.2) is 0 Å². The molecule has 0 aliphatic heterocycles. The predicted octanol–water partition coefficient (Wildman–Crippen LogP) is 3.38. The Hall–Kier alpha value is 0.529. The van der Waals surface area contributed by atoms with Gasteiger partial charge in [0.15, 0.2) is 0 Å². The summed E-state index contributed by atoms with van der Waals surface area (Å²) >= 11 is 0. The Bertz CT molecular complexity index is 67.1. The third-order valence-corrected chi connectivity index (χ3v) is 0. The second-order valence-electron chi connectivity index (χ2n) is 0.958. The fraction of sp³-hybridized carbons (Fsp3) is 0. The molecule has 0 unspecified atom stereocenters. The largest absolute Gasteiger partial charge is 0 e. The molecule has 0 aromatic carbocycles. The maximum Gasteiger partial charge on any atom is 0 e. The van der Waals surface area contributed by atoms with Crippen molar-refractivity contribution in [1.29, 1.82) is 0 Å². The van der Waals surface area contributed by atoms with Gasteiger partial charge in [-0.2, -0.15) is 0 Å². The van der Waals surface area contributed by atoms with Crippen molar-refractivity contribution >= 4 is 7.81 Å². The molecule has 0 bridgehead atoms. The van der Waals surface area contributed by atoms with Gasteiger partial charge in [0, 0.05) is 17.1 Å². The van der Waals surface area contributed by atoms with Crippen LogP contribution in [0.5, 0.6) is 0 Å². The van der Waals surface area contributed by atoms with E-state index in [4.69, 9.17) is 0 Å². The predicted molar refractivity (Wildman–Crippen MR) is 13.6 cm³/mol. The molecule has 0 nitrogen and oxygen atoms in total. The van der Waals surface area contributed by atoms with Crippen molar-refractivity contribution in [3.05, 3.63) is 0 Å². The van der Waals surface area contributed by atoms with E-state index < -0.39 is 7.81 Å². The standard InChI is InChI=1S/F6P.Mn/c1-7(2,3,4,5)6;/q-1;. The van der Waals surface area contributed by atoms with Gasteiger partial charge in [-0.15, -0.1) is 0 Å². The Kier molecular flexibility index (Phi) is 1.89. The SMILES string of the molecule is F[P-](F)(F)(F)(F)F.[Mn]. The maximum absolute atomic E-state index is 10.7. The number of halogens is 6. The molecule has 0 heterocycles. The minimum absolute atomic E-state index is 0. The molecular weight excluding hydrogens is 200 g/mol. The Labute approximate surface area is 51.0 Å². The van der Waals surface area contributed by atoms with Crippen LogP contribution < -0.4 is 0 Å². The van der Waals surface area contributed by atoms with Crippen molar-refractivity contribution in [2.75, 3.05) is 0 Å². The van der Waals surface area contributed by atoms with E-state index in [-0.39, 0.29) is 17.1 Å². The van der Waals surface area contributed by atoms with Gasteiger partial charge in [-0.3, -0.25) is 0 Å². The van der Waals surface area contributed by atoms with Crippen LogP contribution in [-0.2, 0) is 17.1 Å². The molecule has 0 aromatic rings. The topological polar surface area (TPSA) is 0 Å². The first kappa shape index (κ1) is 11.3. The van der Waals surface area contributed by atoms with E-state index in [1.807, 2.05) is 0 Å². The fourth-order valence-electron chi connectivity index (χ4n) is 0. The second-order valence-corrected chi connectivity index (χ2v) is 2.87. The van der Waals surface area contributed by atoms with Crippen molar-refractivity contribution in [3.63, 3.8) is 0 Å². The fourth-order valence-corrected chi connectivity index (χ4v) is 0. The molecule has 0 rings (SSSR count). The van der Waals surface area contributed by atoms with E-state index in [0.29, 0.717) is 0 Å². The molecule has 0 aliphatic carbocycles. The molecule has 0 spiro atoms. The van der Waals surface area contributed by atoms with Crippen LogP contribution in [0.2, 0.25) is 0 Å². The summed E-state index contributed by atoms with van der Waals surface area (Å²) in [6.07, 6.45) is 0. The molecule has 1 radical (unpaired) electrons. The van der Waals surface area contributed by atoms with Gasteiger partial charge in [-0.25, -0.2) is 0 Å². The molecule has 8 heteroatoms. The van der Waals surface area contributed by atoms with Crippen molar-refractivity contribution in [2.24, 2.45) is 0 Å². The Morgan fingerprint density at radius 3 is 0.625 bits per heavy atom. The minimum atomic E-state index is -10.7. The van der Waals surface area contributed by atoms with Crippen LogP contribution in [0.4, 0.5) is 25.2 Å². The molecule has 0 N–H and O–H groups in total. The summed E-state index contributed by atoms with van der Waals surface area (Å²) in [5, 5.41) is 0. The van der Waals surface area contributed by atoms with Gasteiger partial charge in [0.2, 0.25) is 0 Å². The molecule has 0 amide bonds. The van der Waals surface area contributed by atoms with Gasteiger partial charge in [-0.05, 0) is 0 Å². The summed E-state index contributed by atoms with van der Waals surface area (Å²) in [5.74, 6) is 0. The number of hydrogen-bond acceptors (Lipinski definition) is 0. The molecule has 0 aromatic heterocycles. The molecule has 0 saturated heterocycles. The molecule has 0 fully saturated rings. The van der Waals surface area contributed by atoms with Crippen LogP contribution >= 0.6 is 7.81 Å². The van der Waals surface area contributed by atoms with Crippen LogP contribution in [0.1, 0.15) is 0 Å². The second kappa shape index (κ2) is 1.33. The zero-order valence-corrected chi connectivity index (χ0v) is 5.17. The monoisotopic (exact) mass is 200 g/mol. The average molecular weight is 200 g/mol. The van der Waals surface area contributed by atoms with E-state index in [9.17, 15) is 25.2 Å². The Balaban J connectivity index is 0. The number of hydrogen-bond donors (Lipinski definition) is 0. The van der Waals surface area contributed by atoms with E-state index in [1.54, 1.807) is 0 Å². The molecular formula is F6MnP-. The van der Waals surface area contributed by atoms with Crippen LogP contribution in [-0.4, -0.2) is 0 Å². The quantitative estimate of drug-likeness (QED) is 0.319. The van der Waals surface area contributed by atoms with Crippen molar-refractivity contribution in [2.45, 2.75) is 0 Å². The van der Waals surface area contributed by atoms with Gasteiger partial charge in [0.05, 0.1) is 0 Å². The Morgan fingerprint density at radius 2 is 0.625 bits per heavy atom. The van der Waals surface area contributed by atoms with Gasteiger partial charge in [0.25, 0.3) is 0 Å². The zero-order chi connectivity index (χ0) is 6.41. The van der Waals surface area contributed by atoms with Crippen LogP contribution in [0.3, 0.4) is 0 Å². The third-order valence-electron chi connectivity index (χ3n) is 0. The maximum atomic E-state index is 9.87. The summed E-state index contributed by atoms with van der Waals surface area (Å²) in [6, 6.07) is 0. The van der Waals surface area contributed by atoms with Crippen molar-refractivity contribution in [1.82, 2.24) is 0 Å². The first-order valence-corrected chi connectivity index (χ1v) is 3.04. The van der Waals surface area contributed by atoms with Gasteiger partial charge >= 0.3 is 33.0 Å². The van der Waals surface area contributed by atoms with Crippen LogP contribution in [0.25, 0.3) is 0 Å². The summed E-state index contributed by atoms with van der Waals surface area (Å²) < 4.78 is 59.2. The molecule has 0 saturated carbocycles. The zero-order valence-electron chi connectivity index (χ0n) is 3.09. The first-order valence-electron chi connectivity index (χ1n) is 1.01. The summed E-state index contributed by atoms with van der Waals surface area (Å²) in [6.45, 7) is 0. The molecule has 0 aliphatic rings. The van der Waals surface area contributed by atoms with Crippen molar-refractivity contribution in [3.8, 4) is 0 Å². The minimum Gasteiger partial charge on any atom is 0 e. The smallest absolute Gasteiger partial charge is 0 e. The van der Waals surface area contributed by atoms with E-state index in [1.165, 1.54) is 0 Å². The first-order chi connectivity index (χ1) is 2.45. The van der Waals surface area contributed by atoms with E-state index in [2.05, 4.69) is 0 Å². The van der Waals surface area contributed by atoms with Gasteiger partial charge in [-0.1, -0.05) is 0 Å². The number of rotatable bonds is 0. The van der Waals surface area contributed by atoms with E-state index in [0.717, 1.165) is 0 Å². The van der Waals surface area contributed by atoms with Crippen molar-refractivity contribution < 1.29 is 42.3 Å². The Morgan fingerprint density at radius 1 is 0.625 bits per heavy atom. The summed E-state index contributed by atoms with van der Waals surface area (Å²) in [5.41, 5.74) is 0. The summed E-state index contributed by atoms with van der Waals surface area (Å²) in [7, 11) is -10.7. The van der Waals surface area contributed by atoms with Gasteiger partial charge < -0.3 is 0 Å². The van der Waals surface area contributed by atoms with Gasteiger partial charge in [0.1, 0.15) is 0 Å². The van der Waals surface area contributed by atoms with E-state index >= 15 is 0 Å². The average Bonchev–Trinajstić information content (AvgIpc) is 0.592. The third kappa shape index (κ3) is 712. The summed E-state index contributed by atoms with van der Waals surface area (Å²) in [4.78, 5) is 0. The molecule has 8 heavy (non-hydrogen) atoms.